The molecule has 0 fully saturated rings. The molecule has 92 valence electrons. The minimum Gasteiger partial charge on any atom is -0.423 e. The van der Waals surface area contributed by atoms with E-state index >= 15 is 0 Å². The van der Waals surface area contributed by atoms with Crippen LogP contribution in [-0.2, 0) is 11.2 Å². The minimum absolute atomic E-state index is 0.142. The molecule has 0 saturated carbocycles. The van der Waals surface area contributed by atoms with Crippen LogP contribution in [0.2, 0.25) is 0 Å². The quantitative estimate of drug-likeness (QED) is 0.521. The van der Waals surface area contributed by atoms with Crippen LogP contribution in [0.15, 0.2) is 18.2 Å². The van der Waals surface area contributed by atoms with E-state index in [9.17, 15) is 9.18 Å². The molecule has 0 aliphatic heterocycles. The number of likely N-dealkylation sites (N-methyl/N-ethyl adjacent to an activating group) is 1. The average molecular weight is 239 g/mol. The number of halogens is 1. The zero-order valence-corrected chi connectivity index (χ0v) is 9.64. The Bertz CT molecular complexity index is 387. The van der Waals surface area contributed by atoms with Crippen molar-refractivity contribution >= 4 is 19.0 Å². The van der Waals surface area contributed by atoms with Crippen molar-refractivity contribution in [1.29, 1.82) is 0 Å². The second-order valence-corrected chi connectivity index (χ2v) is 3.71. The number of hydrogen-bond acceptors (Lipinski definition) is 3. The molecular formula is C11H15BFNO3. The van der Waals surface area contributed by atoms with Gasteiger partial charge in [-0.2, -0.15) is 0 Å². The van der Waals surface area contributed by atoms with Gasteiger partial charge in [0.25, 0.3) is 0 Å². The van der Waals surface area contributed by atoms with Gasteiger partial charge in [-0.25, -0.2) is 4.39 Å². The lowest BCUT2D eigenvalue weighted by molar-refractivity contribution is -0.117. The Hall–Kier alpha value is -1.40. The number of carbonyl (C=O) groups excluding carboxylic acids is 1. The maximum absolute atomic E-state index is 13.2. The van der Waals surface area contributed by atoms with Crippen LogP contribution in [0, 0.1) is 5.82 Å². The van der Waals surface area contributed by atoms with E-state index in [2.05, 4.69) is 0 Å². The summed E-state index contributed by atoms with van der Waals surface area (Å²) in [6.45, 7) is 2.99. The summed E-state index contributed by atoms with van der Waals surface area (Å²) in [5.74, 6) is -0.647. The Morgan fingerprint density at radius 2 is 2.18 bits per heavy atom. The molecule has 0 heterocycles. The molecule has 17 heavy (non-hydrogen) atoms. The van der Waals surface area contributed by atoms with Crippen LogP contribution in [0.3, 0.4) is 0 Å². The Kier molecular flexibility index (Phi) is 5.12. The van der Waals surface area contributed by atoms with E-state index in [-0.39, 0.29) is 5.46 Å². The molecule has 0 spiro atoms. The SMILES string of the molecule is CCN(C=O)CCc1ccc(F)c(B(O)O)c1. The van der Waals surface area contributed by atoms with Gasteiger partial charge in [-0.1, -0.05) is 12.1 Å². The van der Waals surface area contributed by atoms with Crippen molar-refractivity contribution < 1.29 is 19.2 Å². The smallest absolute Gasteiger partial charge is 0.423 e. The largest absolute Gasteiger partial charge is 0.491 e. The molecule has 0 saturated heterocycles. The van der Waals surface area contributed by atoms with Crippen LogP contribution in [0.4, 0.5) is 4.39 Å². The molecule has 1 amide bonds. The first-order chi connectivity index (χ1) is 8.08. The molecule has 0 aliphatic carbocycles. The fourth-order valence-electron chi connectivity index (χ4n) is 1.50. The molecule has 2 N–H and O–H groups in total. The summed E-state index contributed by atoms with van der Waals surface area (Å²) < 4.78 is 13.2. The van der Waals surface area contributed by atoms with Gasteiger partial charge in [-0.05, 0) is 25.0 Å². The fraction of sp³-hybridized carbons (Fsp3) is 0.364. The summed E-state index contributed by atoms with van der Waals surface area (Å²) in [5.41, 5.74) is 0.617. The number of nitrogens with zero attached hydrogens (tertiary/aromatic N) is 1. The zero-order valence-electron chi connectivity index (χ0n) is 9.64. The summed E-state index contributed by atoms with van der Waals surface area (Å²) in [7, 11) is -1.82. The highest BCUT2D eigenvalue weighted by Crippen LogP contribution is 2.03. The summed E-state index contributed by atoms with van der Waals surface area (Å²) in [4.78, 5) is 12.2. The van der Waals surface area contributed by atoms with Gasteiger partial charge in [0, 0.05) is 18.6 Å². The first-order valence-electron chi connectivity index (χ1n) is 5.42. The van der Waals surface area contributed by atoms with E-state index in [1.54, 1.807) is 11.0 Å². The highest BCUT2D eigenvalue weighted by Gasteiger charge is 2.16. The summed E-state index contributed by atoms with van der Waals surface area (Å²) in [6.07, 6.45) is 1.30. The second-order valence-electron chi connectivity index (χ2n) is 3.71. The maximum Gasteiger partial charge on any atom is 0.491 e. The third-order valence-corrected chi connectivity index (χ3v) is 2.58. The number of hydrogen-bond donors (Lipinski definition) is 2. The molecule has 0 unspecified atom stereocenters. The van der Waals surface area contributed by atoms with Gasteiger partial charge in [-0.15, -0.1) is 0 Å². The standard InChI is InChI=1S/C11H15BFNO3/c1-2-14(8-15)6-5-9-3-4-11(13)10(7-9)12(16)17/h3-4,7-8,16-17H,2,5-6H2,1H3. The zero-order chi connectivity index (χ0) is 12.8. The molecule has 0 bridgehead atoms. The number of carbonyl (C=O) groups is 1. The van der Waals surface area contributed by atoms with E-state index in [1.165, 1.54) is 12.1 Å². The fourth-order valence-corrected chi connectivity index (χ4v) is 1.50. The van der Waals surface area contributed by atoms with Crippen LogP contribution >= 0.6 is 0 Å². The lowest BCUT2D eigenvalue weighted by Gasteiger charge is -2.14. The van der Waals surface area contributed by atoms with Gasteiger partial charge in [0.05, 0.1) is 0 Å². The van der Waals surface area contributed by atoms with Crippen LogP contribution in [0.1, 0.15) is 12.5 Å². The lowest BCUT2D eigenvalue weighted by Crippen LogP contribution is -2.33. The molecule has 0 aliphatic rings. The van der Waals surface area contributed by atoms with Crippen molar-refractivity contribution in [2.45, 2.75) is 13.3 Å². The highest BCUT2D eigenvalue weighted by atomic mass is 19.1. The predicted octanol–water partition coefficient (Wildman–Crippen LogP) is -0.474. The molecule has 0 radical (unpaired) electrons. The van der Waals surface area contributed by atoms with Crippen molar-refractivity contribution in [3.8, 4) is 0 Å². The van der Waals surface area contributed by atoms with Crippen LogP contribution in [0.25, 0.3) is 0 Å². The Morgan fingerprint density at radius 1 is 1.47 bits per heavy atom. The van der Waals surface area contributed by atoms with E-state index in [0.29, 0.717) is 19.5 Å². The van der Waals surface area contributed by atoms with Crippen molar-refractivity contribution in [1.82, 2.24) is 4.90 Å². The van der Waals surface area contributed by atoms with Crippen molar-refractivity contribution in [2.75, 3.05) is 13.1 Å². The monoisotopic (exact) mass is 239 g/mol. The van der Waals surface area contributed by atoms with Crippen LogP contribution < -0.4 is 5.46 Å². The van der Waals surface area contributed by atoms with Gasteiger partial charge >= 0.3 is 7.12 Å². The van der Waals surface area contributed by atoms with E-state index in [1.807, 2.05) is 6.92 Å². The molecule has 0 atom stereocenters. The average Bonchev–Trinajstić information content (AvgIpc) is 2.32. The Morgan fingerprint density at radius 3 is 2.71 bits per heavy atom. The van der Waals surface area contributed by atoms with Gasteiger partial charge in [0.15, 0.2) is 0 Å². The molecule has 6 heteroatoms. The van der Waals surface area contributed by atoms with Gasteiger partial charge in [0.2, 0.25) is 6.41 Å². The topological polar surface area (TPSA) is 60.8 Å². The van der Waals surface area contributed by atoms with Gasteiger partial charge in [0.1, 0.15) is 5.82 Å². The maximum atomic E-state index is 13.2. The van der Waals surface area contributed by atoms with Gasteiger partial charge in [-0.3, -0.25) is 4.79 Å². The van der Waals surface area contributed by atoms with Crippen molar-refractivity contribution in [2.24, 2.45) is 0 Å². The minimum atomic E-state index is -1.82. The third-order valence-electron chi connectivity index (χ3n) is 2.58. The summed E-state index contributed by atoms with van der Waals surface area (Å²) >= 11 is 0. The normalized spacial score (nSPS) is 10.1. The third kappa shape index (κ3) is 3.83. The molecular weight excluding hydrogens is 224 g/mol. The van der Waals surface area contributed by atoms with E-state index in [4.69, 9.17) is 10.0 Å². The summed E-state index contributed by atoms with van der Waals surface area (Å²) in [5, 5.41) is 17.9. The number of rotatable bonds is 6. The van der Waals surface area contributed by atoms with Crippen molar-refractivity contribution in [3.63, 3.8) is 0 Å². The lowest BCUT2D eigenvalue weighted by atomic mass is 9.79. The molecule has 4 nitrogen and oxygen atoms in total. The highest BCUT2D eigenvalue weighted by molar-refractivity contribution is 6.58. The molecule has 1 aromatic carbocycles. The second kappa shape index (κ2) is 6.37. The van der Waals surface area contributed by atoms with Crippen LogP contribution in [-0.4, -0.2) is 41.6 Å². The number of benzene rings is 1. The first-order valence-corrected chi connectivity index (χ1v) is 5.42. The molecule has 0 aromatic heterocycles. The van der Waals surface area contributed by atoms with Gasteiger partial charge < -0.3 is 14.9 Å². The molecule has 1 aromatic rings. The Labute approximate surface area is 99.8 Å². The first kappa shape index (κ1) is 13.7. The van der Waals surface area contributed by atoms with E-state index < -0.39 is 12.9 Å². The molecule has 1 rings (SSSR count). The van der Waals surface area contributed by atoms with Crippen LogP contribution in [0.5, 0.6) is 0 Å². The van der Waals surface area contributed by atoms with Crippen molar-refractivity contribution in [3.05, 3.63) is 29.6 Å². The van der Waals surface area contributed by atoms with E-state index in [0.717, 1.165) is 12.0 Å². The summed E-state index contributed by atoms with van der Waals surface area (Å²) in [6, 6.07) is 4.17. The number of amides is 1. The Balaban J connectivity index is 2.72. The predicted molar refractivity (Wildman–Crippen MR) is 63.2 cm³/mol.